The van der Waals surface area contributed by atoms with Crippen LogP contribution in [0, 0.1) is 0 Å². The number of halogens is 1. The molecular weight excluding hydrogens is 509 g/mol. The van der Waals surface area contributed by atoms with Gasteiger partial charge in [-0.1, -0.05) is 91.0 Å². The van der Waals surface area contributed by atoms with Crippen molar-refractivity contribution in [1.82, 2.24) is 0 Å². The zero-order valence-electron chi connectivity index (χ0n) is 15.8. The minimum absolute atomic E-state index is 0.0247. The SMILES string of the molecule is NS(=O)(=O)c1c(OI)c(-c2ccccc2)cc(-c2ccccc2)c1-c1ccccc1. The van der Waals surface area contributed by atoms with Gasteiger partial charge in [0.15, 0.2) is 28.8 Å². The molecule has 0 aliphatic heterocycles. The number of rotatable bonds is 5. The Bertz CT molecular complexity index is 1280. The van der Waals surface area contributed by atoms with Crippen molar-refractivity contribution in [3.05, 3.63) is 97.1 Å². The topological polar surface area (TPSA) is 69.4 Å². The molecule has 0 spiro atoms. The van der Waals surface area contributed by atoms with Gasteiger partial charge in [-0.2, -0.15) is 0 Å². The van der Waals surface area contributed by atoms with E-state index in [1.165, 1.54) is 0 Å². The van der Waals surface area contributed by atoms with E-state index in [4.69, 9.17) is 8.21 Å². The van der Waals surface area contributed by atoms with Gasteiger partial charge in [-0.05, 0) is 28.3 Å². The van der Waals surface area contributed by atoms with Crippen molar-refractivity contribution < 1.29 is 11.5 Å². The first-order valence-electron chi connectivity index (χ1n) is 9.19. The van der Waals surface area contributed by atoms with Crippen molar-refractivity contribution in [3.8, 4) is 39.1 Å². The minimum atomic E-state index is -4.12. The van der Waals surface area contributed by atoms with Crippen LogP contribution in [-0.4, -0.2) is 8.42 Å². The smallest absolute Gasteiger partial charge is 0.242 e. The molecule has 0 bridgehead atoms. The van der Waals surface area contributed by atoms with Gasteiger partial charge in [-0.3, -0.25) is 0 Å². The van der Waals surface area contributed by atoms with Crippen LogP contribution in [0.2, 0.25) is 0 Å². The molecule has 150 valence electrons. The van der Waals surface area contributed by atoms with Crippen molar-refractivity contribution in [1.29, 1.82) is 0 Å². The molecule has 4 aromatic carbocycles. The summed E-state index contributed by atoms with van der Waals surface area (Å²) in [5.41, 5.74) is 4.42. The van der Waals surface area contributed by atoms with Crippen LogP contribution in [0.25, 0.3) is 33.4 Å². The summed E-state index contributed by atoms with van der Waals surface area (Å²) in [7, 11) is -4.12. The molecule has 0 aliphatic rings. The summed E-state index contributed by atoms with van der Waals surface area (Å²) in [5, 5.41) is 5.75. The summed E-state index contributed by atoms with van der Waals surface area (Å²) < 4.78 is 31.4. The summed E-state index contributed by atoms with van der Waals surface area (Å²) in [6, 6.07) is 30.5. The lowest BCUT2D eigenvalue weighted by atomic mass is 9.90. The molecular formula is C24H18INO3S. The maximum atomic E-state index is 12.9. The summed E-state index contributed by atoms with van der Waals surface area (Å²) in [5.74, 6) is 0.225. The van der Waals surface area contributed by atoms with Crippen LogP contribution in [0.4, 0.5) is 0 Å². The molecule has 0 atom stereocenters. The lowest BCUT2D eigenvalue weighted by molar-refractivity contribution is 0.592. The second-order valence-corrected chi connectivity index (χ2v) is 8.66. The van der Waals surface area contributed by atoms with E-state index in [-0.39, 0.29) is 10.6 Å². The first kappa shape index (κ1) is 20.6. The van der Waals surface area contributed by atoms with Gasteiger partial charge in [0.2, 0.25) is 10.0 Å². The zero-order valence-corrected chi connectivity index (χ0v) is 18.8. The van der Waals surface area contributed by atoms with E-state index in [2.05, 4.69) is 0 Å². The minimum Gasteiger partial charge on any atom is -0.426 e. The van der Waals surface area contributed by atoms with E-state index in [1.807, 2.05) is 97.1 Å². The van der Waals surface area contributed by atoms with Gasteiger partial charge in [0.05, 0.1) is 0 Å². The van der Waals surface area contributed by atoms with Gasteiger partial charge in [-0.25, -0.2) is 13.6 Å². The van der Waals surface area contributed by atoms with Crippen LogP contribution in [0.15, 0.2) is 102 Å². The van der Waals surface area contributed by atoms with Crippen molar-refractivity contribution in [3.63, 3.8) is 0 Å². The number of hydrogen-bond acceptors (Lipinski definition) is 3. The highest BCUT2D eigenvalue weighted by Gasteiger charge is 2.28. The second kappa shape index (κ2) is 8.59. The predicted molar refractivity (Wildman–Crippen MR) is 129 cm³/mol. The average molecular weight is 527 g/mol. The lowest BCUT2D eigenvalue weighted by Gasteiger charge is -2.20. The van der Waals surface area contributed by atoms with E-state index in [0.717, 1.165) is 22.3 Å². The lowest BCUT2D eigenvalue weighted by Crippen LogP contribution is -2.15. The van der Waals surface area contributed by atoms with Gasteiger partial charge in [-0.15, -0.1) is 0 Å². The first-order chi connectivity index (χ1) is 14.5. The van der Waals surface area contributed by atoms with Gasteiger partial charge < -0.3 is 3.07 Å². The van der Waals surface area contributed by atoms with E-state index in [1.54, 1.807) is 23.0 Å². The number of hydrogen-bond donors (Lipinski definition) is 1. The highest BCUT2D eigenvalue weighted by atomic mass is 127. The van der Waals surface area contributed by atoms with E-state index in [9.17, 15) is 8.42 Å². The van der Waals surface area contributed by atoms with Crippen molar-refractivity contribution in [2.45, 2.75) is 4.90 Å². The molecule has 0 heterocycles. The van der Waals surface area contributed by atoms with Crippen LogP contribution >= 0.6 is 23.0 Å². The van der Waals surface area contributed by atoms with Gasteiger partial charge in [0, 0.05) is 11.1 Å². The molecule has 4 aromatic rings. The first-order valence-corrected chi connectivity index (χ1v) is 11.6. The molecule has 0 unspecified atom stereocenters. The fraction of sp³-hybridized carbons (Fsp3) is 0. The largest absolute Gasteiger partial charge is 0.426 e. The molecule has 0 radical (unpaired) electrons. The molecule has 0 amide bonds. The summed E-state index contributed by atoms with van der Waals surface area (Å²) >= 11 is 1.71. The predicted octanol–water partition coefficient (Wildman–Crippen LogP) is 6.06. The van der Waals surface area contributed by atoms with E-state index < -0.39 is 10.0 Å². The summed E-state index contributed by atoms with van der Waals surface area (Å²) in [4.78, 5) is -0.0247. The summed E-state index contributed by atoms with van der Waals surface area (Å²) in [6.45, 7) is 0. The van der Waals surface area contributed by atoms with Crippen LogP contribution in [0.5, 0.6) is 5.75 Å². The molecule has 4 nitrogen and oxygen atoms in total. The Labute approximate surface area is 190 Å². The molecule has 30 heavy (non-hydrogen) atoms. The molecule has 0 aromatic heterocycles. The maximum Gasteiger partial charge on any atom is 0.242 e. The normalized spacial score (nSPS) is 11.3. The Morgan fingerprint density at radius 1 is 0.667 bits per heavy atom. The third kappa shape index (κ3) is 3.98. The molecule has 4 rings (SSSR count). The monoisotopic (exact) mass is 527 g/mol. The number of benzene rings is 4. The second-order valence-electron chi connectivity index (χ2n) is 6.73. The standard InChI is InChI=1S/C24H18INO3S/c25-29-23-21(18-12-6-2-7-13-18)16-20(17-10-4-1-5-11-17)22(24(23)30(26,27)28)19-14-8-3-9-15-19/h1-16H,(H2,26,27,28). The maximum absolute atomic E-state index is 12.9. The molecule has 0 saturated heterocycles. The van der Waals surface area contributed by atoms with Crippen molar-refractivity contribution >= 4 is 33.0 Å². The highest BCUT2D eigenvalue weighted by Crippen LogP contribution is 2.47. The third-order valence-electron chi connectivity index (χ3n) is 4.83. The van der Waals surface area contributed by atoms with Crippen molar-refractivity contribution in [2.75, 3.05) is 0 Å². The molecule has 0 fully saturated rings. The van der Waals surface area contributed by atoms with E-state index in [0.29, 0.717) is 11.1 Å². The number of primary sulfonamides is 1. The van der Waals surface area contributed by atoms with Crippen LogP contribution in [0.1, 0.15) is 0 Å². The van der Waals surface area contributed by atoms with Crippen LogP contribution in [0.3, 0.4) is 0 Å². The Hall–Kier alpha value is -2.68. The van der Waals surface area contributed by atoms with Crippen molar-refractivity contribution in [2.24, 2.45) is 5.14 Å². The average Bonchev–Trinajstić information content (AvgIpc) is 2.78. The fourth-order valence-corrected chi connectivity index (χ4v) is 5.09. The number of nitrogens with two attached hydrogens (primary N) is 1. The van der Waals surface area contributed by atoms with Crippen LogP contribution in [-0.2, 0) is 10.0 Å². The zero-order chi connectivity index (χ0) is 21.1. The Kier molecular flexibility index (Phi) is 5.90. The Morgan fingerprint density at radius 3 is 1.53 bits per heavy atom. The van der Waals surface area contributed by atoms with Gasteiger partial charge >= 0.3 is 0 Å². The number of sulfonamides is 1. The van der Waals surface area contributed by atoms with E-state index >= 15 is 0 Å². The van der Waals surface area contributed by atoms with Gasteiger partial charge in [0.25, 0.3) is 0 Å². The Morgan fingerprint density at radius 2 is 1.10 bits per heavy atom. The molecule has 6 heteroatoms. The third-order valence-corrected chi connectivity index (χ3v) is 6.23. The fourth-order valence-electron chi connectivity index (χ4n) is 3.56. The van der Waals surface area contributed by atoms with Gasteiger partial charge in [0.1, 0.15) is 4.90 Å². The quantitative estimate of drug-likeness (QED) is 0.321. The molecule has 0 saturated carbocycles. The highest BCUT2D eigenvalue weighted by molar-refractivity contribution is 14.1. The Balaban J connectivity index is 2.21. The molecule has 0 aliphatic carbocycles. The molecule has 2 N–H and O–H groups in total. The van der Waals surface area contributed by atoms with Crippen LogP contribution < -0.4 is 8.21 Å². The summed E-state index contributed by atoms with van der Waals surface area (Å²) in [6.07, 6.45) is 0.